The lowest BCUT2D eigenvalue weighted by molar-refractivity contribution is 0.0894. The van der Waals surface area contributed by atoms with E-state index in [4.69, 9.17) is 13.9 Å². The first kappa shape index (κ1) is 23.8. The Morgan fingerprint density at radius 3 is 2.12 bits per heavy atom. The highest BCUT2D eigenvalue weighted by Crippen LogP contribution is 2.27. The van der Waals surface area contributed by atoms with Crippen LogP contribution in [0.3, 0.4) is 0 Å². The molecule has 1 saturated heterocycles. The molecule has 8 nitrogen and oxygen atoms in total. The molecule has 1 fully saturated rings. The molecule has 1 aromatic heterocycles. The third kappa shape index (κ3) is 5.60. The quantitative estimate of drug-likeness (QED) is 0.510. The fourth-order valence-electron chi connectivity index (χ4n) is 3.79. The summed E-state index contributed by atoms with van der Waals surface area (Å²) in [5.41, 5.74) is 0. The zero-order valence-electron chi connectivity index (χ0n) is 19.2. The molecule has 4 rings (SSSR count). The van der Waals surface area contributed by atoms with Crippen LogP contribution in [0.5, 0.6) is 17.2 Å². The van der Waals surface area contributed by atoms with Gasteiger partial charge in [-0.15, -0.1) is 0 Å². The molecule has 1 amide bonds. The van der Waals surface area contributed by atoms with Gasteiger partial charge in [0.15, 0.2) is 5.76 Å². The monoisotopic (exact) mass is 484 g/mol. The van der Waals surface area contributed by atoms with Crippen molar-refractivity contribution in [3.8, 4) is 17.2 Å². The van der Waals surface area contributed by atoms with Crippen molar-refractivity contribution in [1.29, 1.82) is 0 Å². The number of carbonyl (C=O) groups excluding carboxylic acids is 1. The highest BCUT2D eigenvalue weighted by molar-refractivity contribution is 7.89. The van der Waals surface area contributed by atoms with Crippen molar-refractivity contribution in [2.75, 3.05) is 19.7 Å². The molecule has 3 aromatic rings. The molecule has 1 aliphatic rings. The fraction of sp³-hybridized carbons (Fsp3) is 0.320. The number of hydrogen-bond acceptors (Lipinski definition) is 6. The van der Waals surface area contributed by atoms with Crippen molar-refractivity contribution in [3.63, 3.8) is 0 Å². The normalized spacial score (nSPS) is 15.1. The third-order valence-corrected chi connectivity index (χ3v) is 7.50. The number of sulfonamides is 1. The Balaban J connectivity index is 1.32. The standard InChI is InChI=1S/C25H28N2O6S/c1-3-31-20-5-7-21(8-6-20)33-22-9-11-23(12-10-22)34(29,30)27-16-14-19(15-17-27)26-25(28)24-13-4-18(2)32-24/h4-13,19H,3,14-17H2,1-2H3,(H,26,28). The van der Waals surface area contributed by atoms with E-state index >= 15 is 0 Å². The number of rotatable bonds is 8. The highest BCUT2D eigenvalue weighted by atomic mass is 32.2. The summed E-state index contributed by atoms with van der Waals surface area (Å²) >= 11 is 0. The van der Waals surface area contributed by atoms with Crippen molar-refractivity contribution >= 4 is 15.9 Å². The van der Waals surface area contributed by atoms with E-state index in [2.05, 4.69) is 5.32 Å². The van der Waals surface area contributed by atoms with Gasteiger partial charge < -0.3 is 19.2 Å². The average molecular weight is 485 g/mol. The Morgan fingerprint density at radius 1 is 0.971 bits per heavy atom. The molecule has 1 N–H and O–H groups in total. The first-order valence-electron chi connectivity index (χ1n) is 11.2. The van der Waals surface area contributed by atoms with E-state index in [1.807, 2.05) is 19.1 Å². The Kier molecular flexibility index (Phi) is 7.23. The van der Waals surface area contributed by atoms with E-state index in [0.717, 1.165) is 5.75 Å². The summed E-state index contributed by atoms with van der Waals surface area (Å²) in [4.78, 5) is 12.5. The number of carbonyl (C=O) groups is 1. The largest absolute Gasteiger partial charge is 0.494 e. The molecule has 0 bridgehead atoms. The predicted octanol–water partition coefficient (Wildman–Crippen LogP) is 4.36. The number of benzene rings is 2. The van der Waals surface area contributed by atoms with Crippen LogP contribution in [0.2, 0.25) is 0 Å². The van der Waals surface area contributed by atoms with E-state index in [1.165, 1.54) is 4.31 Å². The van der Waals surface area contributed by atoms with Gasteiger partial charge in [-0.2, -0.15) is 4.31 Å². The van der Waals surface area contributed by atoms with E-state index < -0.39 is 10.0 Å². The molecule has 1 aliphatic heterocycles. The van der Waals surface area contributed by atoms with Gasteiger partial charge in [-0.1, -0.05) is 0 Å². The van der Waals surface area contributed by atoms with E-state index in [-0.39, 0.29) is 22.6 Å². The van der Waals surface area contributed by atoms with Crippen LogP contribution in [0.15, 0.2) is 70.0 Å². The molecule has 2 heterocycles. The summed E-state index contributed by atoms with van der Waals surface area (Å²) in [6.45, 7) is 4.94. The maximum atomic E-state index is 13.1. The summed E-state index contributed by atoms with van der Waals surface area (Å²) in [6, 6.07) is 16.9. The average Bonchev–Trinajstić information content (AvgIpc) is 3.28. The first-order chi connectivity index (χ1) is 16.3. The van der Waals surface area contributed by atoms with Gasteiger partial charge in [0.25, 0.3) is 5.91 Å². The number of furan rings is 1. The number of nitrogens with one attached hydrogen (secondary N) is 1. The topological polar surface area (TPSA) is 98.1 Å². The Hall–Kier alpha value is -3.30. The second-order valence-electron chi connectivity index (χ2n) is 8.04. The van der Waals surface area contributed by atoms with Crippen LogP contribution in [-0.2, 0) is 10.0 Å². The minimum Gasteiger partial charge on any atom is -0.494 e. The maximum absolute atomic E-state index is 13.1. The molecule has 0 aliphatic carbocycles. The lowest BCUT2D eigenvalue weighted by Crippen LogP contribution is -2.46. The van der Waals surface area contributed by atoms with Crippen LogP contribution in [0, 0.1) is 6.92 Å². The number of piperidine rings is 1. The second kappa shape index (κ2) is 10.3. The minimum absolute atomic E-state index is 0.103. The predicted molar refractivity (Wildman–Crippen MR) is 127 cm³/mol. The molecule has 0 unspecified atom stereocenters. The Bertz CT molecular complexity index is 1210. The summed E-state index contributed by atoms with van der Waals surface area (Å²) in [7, 11) is -3.63. The summed E-state index contributed by atoms with van der Waals surface area (Å²) < 4.78 is 44.2. The van der Waals surface area contributed by atoms with Gasteiger partial charge in [0.2, 0.25) is 10.0 Å². The van der Waals surface area contributed by atoms with Gasteiger partial charge >= 0.3 is 0 Å². The Labute approximate surface area is 199 Å². The van der Waals surface area contributed by atoms with Crippen LogP contribution >= 0.6 is 0 Å². The van der Waals surface area contributed by atoms with Crippen molar-refractivity contribution in [2.24, 2.45) is 0 Å². The maximum Gasteiger partial charge on any atom is 0.287 e. The molecule has 2 aromatic carbocycles. The van der Waals surface area contributed by atoms with Gasteiger partial charge in [0.05, 0.1) is 11.5 Å². The number of nitrogens with zero attached hydrogens (tertiary/aromatic N) is 1. The summed E-state index contributed by atoms with van der Waals surface area (Å²) in [5, 5.41) is 2.92. The van der Waals surface area contributed by atoms with E-state index in [1.54, 1.807) is 55.5 Å². The van der Waals surface area contributed by atoms with Crippen LogP contribution in [0.1, 0.15) is 36.1 Å². The molecular formula is C25H28N2O6S. The molecule has 0 saturated carbocycles. The van der Waals surface area contributed by atoms with Gasteiger partial charge in [-0.05, 0) is 87.4 Å². The van der Waals surface area contributed by atoms with Crippen LogP contribution < -0.4 is 14.8 Å². The summed E-state index contributed by atoms with van der Waals surface area (Å²) in [6.07, 6.45) is 1.06. The molecule has 0 atom stereocenters. The van der Waals surface area contributed by atoms with E-state index in [0.29, 0.717) is 49.8 Å². The lowest BCUT2D eigenvalue weighted by Gasteiger charge is -2.31. The van der Waals surface area contributed by atoms with Crippen molar-refractivity contribution in [1.82, 2.24) is 9.62 Å². The molecule has 9 heteroatoms. The van der Waals surface area contributed by atoms with Gasteiger partial charge in [-0.25, -0.2) is 8.42 Å². The van der Waals surface area contributed by atoms with Crippen molar-refractivity contribution in [3.05, 3.63) is 72.2 Å². The Morgan fingerprint density at radius 2 is 1.56 bits per heavy atom. The SMILES string of the molecule is CCOc1ccc(Oc2ccc(S(=O)(=O)N3CCC(NC(=O)c4ccc(C)o4)CC3)cc2)cc1. The smallest absolute Gasteiger partial charge is 0.287 e. The minimum atomic E-state index is -3.63. The zero-order valence-corrected chi connectivity index (χ0v) is 20.0. The van der Waals surface area contributed by atoms with Gasteiger partial charge in [0, 0.05) is 19.1 Å². The molecule has 34 heavy (non-hydrogen) atoms. The van der Waals surface area contributed by atoms with Crippen LogP contribution in [0.4, 0.5) is 0 Å². The van der Waals surface area contributed by atoms with Crippen LogP contribution in [-0.4, -0.2) is 44.4 Å². The van der Waals surface area contributed by atoms with Gasteiger partial charge in [0.1, 0.15) is 23.0 Å². The zero-order chi connectivity index (χ0) is 24.1. The fourth-order valence-corrected chi connectivity index (χ4v) is 5.26. The first-order valence-corrected chi connectivity index (χ1v) is 12.7. The van der Waals surface area contributed by atoms with Crippen molar-refractivity contribution < 1.29 is 27.1 Å². The highest BCUT2D eigenvalue weighted by Gasteiger charge is 2.30. The number of amides is 1. The van der Waals surface area contributed by atoms with E-state index in [9.17, 15) is 13.2 Å². The van der Waals surface area contributed by atoms with Gasteiger partial charge in [-0.3, -0.25) is 4.79 Å². The third-order valence-electron chi connectivity index (χ3n) is 5.59. The molecule has 0 spiro atoms. The molecular weight excluding hydrogens is 456 g/mol. The summed E-state index contributed by atoms with van der Waals surface area (Å²) in [5.74, 6) is 2.58. The lowest BCUT2D eigenvalue weighted by atomic mass is 10.1. The number of ether oxygens (including phenoxy) is 2. The molecule has 0 radical (unpaired) electrons. The number of aryl methyl sites for hydroxylation is 1. The van der Waals surface area contributed by atoms with Crippen molar-refractivity contribution in [2.45, 2.75) is 37.6 Å². The second-order valence-corrected chi connectivity index (χ2v) is 9.98. The van der Waals surface area contributed by atoms with Crippen LogP contribution in [0.25, 0.3) is 0 Å². The molecule has 180 valence electrons. The number of hydrogen-bond donors (Lipinski definition) is 1.